The first-order valence-electron chi connectivity index (χ1n) is 5.87. The van der Waals surface area contributed by atoms with Gasteiger partial charge in [-0.05, 0) is 23.6 Å². The molecule has 0 aliphatic heterocycles. The largest absolute Gasteiger partial charge is 0.496 e. The summed E-state index contributed by atoms with van der Waals surface area (Å²) in [6, 6.07) is 5.56. The zero-order chi connectivity index (χ0) is 13.4. The van der Waals surface area contributed by atoms with Gasteiger partial charge in [-0.2, -0.15) is 0 Å². The minimum atomic E-state index is -0.926. The lowest BCUT2D eigenvalue weighted by Gasteiger charge is -2.12. The molecule has 0 radical (unpaired) electrons. The molecule has 1 aromatic heterocycles. The first-order chi connectivity index (χ1) is 8.47. The average molecular weight is 247 g/mol. The molecule has 2 aromatic rings. The van der Waals surface area contributed by atoms with Crippen LogP contribution in [0.4, 0.5) is 0 Å². The number of aromatic nitrogens is 1. The van der Waals surface area contributed by atoms with Crippen LogP contribution in [0.3, 0.4) is 0 Å². The summed E-state index contributed by atoms with van der Waals surface area (Å²) in [6.45, 7) is 4.18. The highest BCUT2D eigenvalue weighted by atomic mass is 16.5. The number of aromatic carboxylic acids is 1. The molecule has 0 fully saturated rings. The summed E-state index contributed by atoms with van der Waals surface area (Å²) >= 11 is 0. The fraction of sp³-hybridized carbons (Fsp3) is 0.357. The Morgan fingerprint density at radius 3 is 2.56 bits per heavy atom. The molecule has 1 N–H and O–H groups in total. The highest BCUT2D eigenvalue weighted by Gasteiger charge is 2.18. The van der Waals surface area contributed by atoms with Gasteiger partial charge in [-0.1, -0.05) is 19.9 Å². The van der Waals surface area contributed by atoms with Gasteiger partial charge < -0.3 is 14.4 Å². The fourth-order valence-corrected chi connectivity index (χ4v) is 2.32. The molecule has 1 aromatic carbocycles. The molecule has 1 heterocycles. The normalized spacial score (nSPS) is 11.2. The molecule has 0 aliphatic carbocycles. The van der Waals surface area contributed by atoms with E-state index < -0.39 is 5.97 Å². The van der Waals surface area contributed by atoms with E-state index in [1.165, 1.54) is 0 Å². The first kappa shape index (κ1) is 12.5. The molecular weight excluding hydrogens is 230 g/mol. The van der Waals surface area contributed by atoms with Gasteiger partial charge in [0.1, 0.15) is 11.4 Å². The molecule has 2 rings (SSSR count). The highest BCUT2D eigenvalue weighted by molar-refractivity contribution is 5.98. The van der Waals surface area contributed by atoms with Crippen molar-refractivity contribution in [3.63, 3.8) is 0 Å². The quantitative estimate of drug-likeness (QED) is 0.907. The van der Waals surface area contributed by atoms with Gasteiger partial charge in [0.15, 0.2) is 0 Å². The number of hydrogen-bond donors (Lipinski definition) is 1. The lowest BCUT2D eigenvalue weighted by atomic mass is 10.0. The monoisotopic (exact) mass is 247 g/mol. The summed E-state index contributed by atoms with van der Waals surface area (Å²) in [4.78, 5) is 11.2. The molecule has 96 valence electrons. The van der Waals surface area contributed by atoms with Crippen molar-refractivity contribution in [1.29, 1.82) is 0 Å². The van der Waals surface area contributed by atoms with Crippen LogP contribution in [-0.4, -0.2) is 22.8 Å². The number of hydrogen-bond acceptors (Lipinski definition) is 2. The maximum Gasteiger partial charge on any atom is 0.352 e. The van der Waals surface area contributed by atoms with E-state index in [0.29, 0.717) is 11.7 Å². The number of fused-ring (bicyclic) bond motifs is 1. The van der Waals surface area contributed by atoms with E-state index in [4.69, 9.17) is 4.74 Å². The number of ether oxygens (including phenoxy) is 1. The second-order valence-corrected chi connectivity index (χ2v) is 4.67. The Labute approximate surface area is 106 Å². The van der Waals surface area contributed by atoms with Gasteiger partial charge in [-0.15, -0.1) is 0 Å². The van der Waals surface area contributed by atoms with E-state index in [0.717, 1.165) is 16.5 Å². The molecule has 4 heteroatoms. The molecule has 0 bridgehead atoms. The van der Waals surface area contributed by atoms with Crippen LogP contribution in [0, 0.1) is 0 Å². The van der Waals surface area contributed by atoms with Gasteiger partial charge in [0.2, 0.25) is 0 Å². The summed E-state index contributed by atoms with van der Waals surface area (Å²) in [5.74, 6) is 0.108. The van der Waals surface area contributed by atoms with Gasteiger partial charge in [-0.3, -0.25) is 0 Å². The second kappa shape index (κ2) is 4.37. The molecule has 0 atom stereocenters. The van der Waals surface area contributed by atoms with Crippen molar-refractivity contribution in [3.8, 4) is 5.75 Å². The maximum atomic E-state index is 11.2. The lowest BCUT2D eigenvalue weighted by molar-refractivity contribution is 0.0687. The third-order valence-corrected chi connectivity index (χ3v) is 3.25. The van der Waals surface area contributed by atoms with Crippen LogP contribution in [0.1, 0.15) is 35.8 Å². The molecule has 0 spiro atoms. The van der Waals surface area contributed by atoms with Crippen molar-refractivity contribution in [2.75, 3.05) is 7.11 Å². The Kier molecular flexibility index (Phi) is 3.03. The number of carboxylic acids is 1. The number of nitrogens with zero attached hydrogens (tertiary/aromatic N) is 1. The Morgan fingerprint density at radius 1 is 1.39 bits per heavy atom. The number of carboxylic acid groups (broad SMARTS) is 1. The van der Waals surface area contributed by atoms with Crippen molar-refractivity contribution in [1.82, 2.24) is 4.57 Å². The van der Waals surface area contributed by atoms with Crippen LogP contribution in [0.25, 0.3) is 10.9 Å². The molecule has 0 saturated carbocycles. The number of methoxy groups -OCH3 is 1. The Hall–Kier alpha value is -1.97. The third-order valence-electron chi connectivity index (χ3n) is 3.25. The molecule has 18 heavy (non-hydrogen) atoms. The van der Waals surface area contributed by atoms with Crippen molar-refractivity contribution in [2.45, 2.75) is 19.8 Å². The average Bonchev–Trinajstić information content (AvgIpc) is 2.66. The number of benzene rings is 1. The van der Waals surface area contributed by atoms with Crippen LogP contribution in [0.15, 0.2) is 18.2 Å². The smallest absolute Gasteiger partial charge is 0.352 e. The van der Waals surface area contributed by atoms with Gasteiger partial charge in [0.05, 0.1) is 12.6 Å². The van der Waals surface area contributed by atoms with Crippen molar-refractivity contribution in [3.05, 3.63) is 29.5 Å². The predicted octanol–water partition coefficient (Wildman–Crippen LogP) is 3.01. The van der Waals surface area contributed by atoms with Gasteiger partial charge in [-0.25, -0.2) is 4.79 Å². The van der Waals surface area contributed by atoms with Crippen LogP contribution in [-0.2, 0) is 7.05 Å². The third kappa shape index (κ3) is 1.74. The SMILES string of the molecule is COc1ccc(C(C)C)c2c1cc(C(=O)O)n2C. The number of rotatable bonds is 3. The minimum absolute atomic E-state index is 0.274. The summed E-state index contributed by atoms with van der Waals surface area (Å²) in [7, 11) is 3.37. The molecule has 0 unspecified atom stereocenters. The lowest BCUT2D eigenvalue weighted by Crippen LogP contribution is -2.05. The van der Waals surface area contributed by atoms with E-state index in [2.05, 4.69) is 13.8 Å². The molecule has 0 amide bonds. The number of carbonyl (C=O) groups is 1. The van der Waals surface area contributed by atoms with Crippen molar-refractivity contribution >= 4 is 16.9 Å². The van der Waals surface area contributed by atoms with Crippen LogP contribution in [0.5, 0.6) is 5.75 Å². The summed E-state index contributed by atoms with van der Waals surface area (Å²) in [5, 5.41) is 10.0. The minimum Gasteiger partial charge on any atom is -0.496 e. The topological polar surface area (TPSA) is 51.5 Å². The highest BCUT2D eigenvalue weighted by Crippen LogP contribution is 2.34. The fourth-order valence-electron chi connectivity index (χ4n) is 2.32. The van der Waals surface area contributed by atoms with Gasteiger partial charge in [0.25, 0.3) is 0 Å². The van der Waals surface area contributed by atoms with E-state index in [1.807, 2.05) is 12.1 Å². The molecular formula is C14H17NO3. The zero-order valence-corrected chi connectivity index (χ0v) is 11.0. The first-order valence-corrected chi connectivity index (χ1v) is 5.87. The maximum absolute atomic E-state index is 11.2. The van der Waals surface area contributed by atoms with Gasteiger partial charge in [0, 0.05) is 12.4 Å². The van der Waals surface area contributed by atoms with Crippen LogP contribution < -0.4 is 4.74 Å². The van der Waals surface area contributed by atoms with E-state index in [-0.39, 0.29) is 5.69 Å². The van der Waals surface area contributed by atoms with Crippen molar-refractivity contribution in [2.24, 2.45) is 7.05 Å². The Balaban J connectivity index is 2.88. The molecule has 4 nitrogen and oxygen atoms in total. The van der Waals surface area contributed by atoms with Gasteiger partial charge >= 0.3 is 5.97 Å². The predicted molar refractivity (Wildman–Crippen MR) is 70.5 cm³/mol. The Bertz CT molecular complexity index is 611. The van der Waals surface area contributed by atoms with Crippen LogP contribution in [0.2, 0.25) is 0 Å². The molecule has 0 aliphatic rings. The zero-order valence-electron chi connectivity index (χ0n) is 11.0. The number of aryl methyl sites for hydroxylation is 1. The summed E-state index contributed by atoms with van der Waals surface area (Å²) in [6.07, 6.45) is 0. The van der Waals surface area contributed by atoms with Crippen molar-refractivity contribution < 1.29 is 14.6 Å². The van der Waals surface area contributed by atoms with Crippen LogP contribution >= 0.6 is 0 Å². The molecule has 0 saturated heterocycles. The van der Waals surface area contributed by atoms with E-state index in [1.54, 1.807) is 24.8 Å². The Morgan fingerprint density at radius 2 is 2.06 bits per heavy atom. The summed E-state index contributed by atoms with van der Waals surface area (Å²) < 4.78 is 7.02. The standard InChI is InChI=1S/C14H17NO3/c1-8(2)9-5-6-12(18-4)10-7-11(14(16)17)15(3)13(9)10/h5-8H,1-4H3,(H,16,17). The van der Waals surface area contributed by atoms with E-state index >= 15 is 0 Å². The second-order valence-electron chi connectivity index (χ2n) is 4.67. The summed E-state index contributed by atoms with van der Waals surface area (Å²) in [5.41, 5.74) is 2.33. The van der Waals surface area contributed by atoms with E-state index in [9.17, 15) is 9.90 Å².